The van der Waals surface area contributed by atoms with E-state index in [2.05, 4.69) is 39.2 Å². The lowest BCUT2D eigenvalue weighted by Crippen LogP contribution is -2.18. The lowest BCUT2D eigenvalue weighted by atomic mass is 10.2. The van der Waals surface area contributed by atoms with Crippen LogP contribution in [0.4, 0.5) is 23.0 Å². The summed E-state index contributed by atoms with van der Waals surface area (Å²) in [6, 6.07) is 20.1. The van der Waals surface area contributed by atoms with Gasteiger partial charge >= 0.3 is 0 Å². The molecule has 0 fully saturated rings. The van der Waals surface area contributed by atoms with E-state index in [-0.39, 0.29) is 6.10 Å². The van der Waals surface area contributed by atoms with E-state index in [9.17, 15) is 0 Å². The molecule has 3 rings (SSSR count). The molecule has 5 nitrogen and oxygen atoms in total. The molecule has 27 heavy (non-hydrogen) atoms. The third kappa shape index (κ3) is 4.76. The average Bonchev–Trinajstić information content (AvgIpc) is 2.64. The molecule has 0 aliphatic heterocycles. The quantitative estimate of drug-likeness (QED) is 0.603. The summed E-state index contributed by atoms with van der Waals surface area (Å²) in [6.07, 6.45) is 0.101. The molecule has 0 spiro atoms. The smallest absolute Gasteiger partial charge is 0.143 e. The number of aryl methyl sites for hydroxylation is 1. The van der Waals surface area contributed by atoms with Gasteiger partial charge in [0.25, 0.3) is 0 Å². The SMILES string of the molecule is CCN(c1ccccc1)c1cc(Nc2ccccc2OC(C)C)nc(C)n1. The van der Waals surface area contributed by atoms with Crippen molar-refractivity contribution < 1.29 is 4.74 Å². The predicted molar refractivity (Wildman–Crippen MR) is 111 cm³/mol. The van der Waals surface area contributed by atoms with Crippen LogP contribution in [0.1, 0.15) is 26.6 Å². The molecule has 140 valence electrons. The Hall–Kier alpha value is -3.08. The Morgan fingerprint density at radius 2 is 1.70 bits per heavy atom. The summed E-state index contributed by atoms with van der Waals surface area (Å²) in [5.74, 6) is 3.13. The van der Waals surface area contributed by atoms with Crippen LogP contribution < -0.4 is 15.0 Å². The maximum Gasteiger partial charge on any atom is 0.143 e. The molecule has 1 N–H and O–H groups in total. The molecule has 0 aliphatic rings. The van der Waals surface area contributed by atoms with Crippen molar-refractivity contribution in [1.82, 2.24) is 9.97 Å². The predicted octanol–water partition coefficient (Wildman–Crippen LogP) is 5.47. The van der Waals surface area contributed by atoms with Gasteiger partial charge in [-0.15, -0.1) is 0 Å². The Bertz CT molecular complexity index is 880. The van der Waals surface area contributed by atoms with E-state index in [1.165, 1.54) is 0 Å². The standard InChI is InChI=1S/C22H26N4O/c1-5-26(18-11-7-6-8-12-18)22-15-21(23-17(4)24-22)25-19-13-9-10-14-20(19)27-16(2)3/h6-16H,5H2,1-4H3,(H,23,24,25). The maximum absolute atomic E-state index is 5.90. The zero-order chi connectivity index (χ0) is 19.2. The fourth-order valence-corrected chi connectivity index (χ4v) is 2.90. The fraction of sp³-hybridized carbons (Fsp3) is 0.273. The molecular formula is C22H26N4O. The van der Waals surface area contributed by atoms with Crippen molar-refractivity contribution >= 4 is 23.0 Å². The highest BCUT2D eigenvalue weighted by Gasteiger charge is 2.12. The molecule has 0 bridgehead atoms. The number of ether oxygens (including phenoxy) is 1. The first-order valence-corrected chi connectivity index (χ1v) is 9.27. The third-order valence-corrected chi connectivity index (χ3v) is 4.00. The zero-order valence-electron chi connectivity index (χ0n) is 16.3. The van der Waals surface area contributed by atoms with Gasteiger partial charge in [0.2, 0.25) is 0 Å². The van der Waals surface area contributed by atoms with Gasteiger partial charge in [-0.05, 0) is 52.0 Å². The normalized spacial score (nSPS) is 10.7. The Kier molecular flexibility index (Phi) is 5.91. The summed E-state index contributed by atoms with van der Waals surface area (Å²) < 4.78 is 5.90. The number of rotatable bonds is 7. The topological polar surface area (TPSA) is 50.3 Å². The van der Waals surface area contributed by atoms with Gasteiger partial charge in [-0.3, -0.25) is 0 Å². The molecule has 0 saturated carbocycles. The number of anilines is 4. The number of aromatic nitrogens is 2. The Balaban J connectivity index is 1.92. The highest BCUT2D eigenvalue weighted by atomic mass is 16.5. The number of hydrogen-bond acceptors (Lipinski definition) is 5. The molecule has 0 aliphatic carbocycles. The third-order valence-electron chi connectivity index (χ3n) is 4.00. The van der Waals surface area contributed by atoms with E-state index in [0.29, 0.717) is 5.82 Å². The summed E-state index contributed by atoms with van der Waals surface area (Å²) in [6.45, 7) is 8.87. The van der Waals surface area contributed by atoms with Gasteiger partial charge in [-0.1, -0.05) is 30.3 Å². The van der Waals surface area contributed by atoms with Crippen LogP contribution in [0.3, 0.4) is 0 Å². The highest BCUT2D eigenvalue weighted by molar-refractivity contribution is 5.68. The molecule has 0 atom stereocenters. The van der Waals surface area contributed by atoms with Crippen molar-refractivity contribution in [3.05, 3.63) is 66.5 Å². The number of benzene rings is 2. The van der Waals surface area contributed by atoms with Gasteiger partial charge in [-0.25, -0.2) is 9.97 Å². The van der Waals surface area contributed by atoms with Crippen LogP contribution in [0.5, 0.6) is 5.75 Å². The summed E-state index contributed by atoms with van der Waals surface area (Å²) >= 11 is 0. The first-order valence-electron chi connectivity index (χ1n) is 9.27. The molecule has 2 aromatic carbocycles. The van der Waals surface area contributed by atoms with Gasteiger partial charge in [0.15, 0.2) is 0 Å². The summed E-state index contributed by atoms with van der Waals surface area (Å²) in [5, 5.41) is 3.39. The fourth-order valence-electron chi connectivity index (χ4n) is 2.90. The van der Waals surface area contributed by atoms with Crippen LogP contribution in [0.15, 0.2) is 60.7 Å². The molecular weight excluding hydrogens is 336 g/mol. The molecule has 3 aromatic rings. The van der Waals surface area contributed by atoms with Crippen LogP contribution in [0.25, 0.3) is 0 Å². The van der Waals surface area contributed by atoms with E-state index in [4.69, 9.17) is 4.74 Å². The van der Waals surface area contributed by atoms with Crippen LogP contribution in [-0.4, -0.2) is 22.6 Å². The summed E-state index contributed by atoms with van der Waals surface area (Å²) in [7, 11) is 0. The van der Waals surface area contributed by atoms with E-state index < -0.39 is 0 Å². The minimum absolute atomic E-state index is 0.101. The van der Waals surface area contributed by atoms with E-state index in [1.807, 2.05) is 69.3 Å². The number of nitrogens with one attached hydrogen (secondary N) is 1. The van der Waals surface area contributed by atoms with Crippen LogP contribution in [0.2, 0.25) is 0 Å². The van der Waals surface area contributed by atoms with Crippen LogP contribution >= 0.6 is 0 Å². The monoisotopic (exact) mass is 362 g/mol. The Morgan fingerprint density at radius 1 is 1.00 bits per heavy atom. The second-order valence-electron chi connectivity index (χ2n) is 6.53. The summed E-state index contributed by atoms with van der Waals surface area (Å²) in [4.78, 5) is 11.4. The van der Waals surface area contributed by atoms with Gasteiger partial charge in [-0.2, -0.15) is 0 Å². The number of nitrogens with zero attached hydrogens (tertiary/aromatic N) is 3. The van der Waals surface area contributed by atoms with Crippen molar-refractivity contribution in [2.45, 2.75) is 33.8 Å². The summed E-state index contributed by atoms with van der Waals surface area (Å²) in [5.41, 5.74) is 1.99. The van der Waals surface area contributed by atoms with Crippen molar-refractivity contribution in [3.63, 3.8) is 0 Å². The first-order chi connectivity index (χ1) is 13.1. The maximum atomic E-state index is 5.90. The van der Waals surface area contributed by atoms with Crippen molar-refractivity contribution in [2.24, 2.45) is 0 Å². The van der Waals surface area contributed by atoms with Gasteiger partial charge in [0, 0.05) is 18.3 Å². The minimum atomic E-state index is 0.101. The van der Waals surface area contributed by atoms with Crippen molar-refractivity contribution in [2.75, 3.05) is 16.8 Å². The molecule has 5 heteroatoms. The lowest BCUT2D eigenvalue weighted by molar-refractivity contribution is 0.244. The largest absolute Gasteiger partial charge is 0.489 e. The molecule has 0 radical (unpaired) electrons. The van der Waals surface area contributed by atoms with E-state index in [1.54, 1.807) is 0 Å². The van der Waals surface area contributed by atoms with Gasteiger partial charge in [0.1, 0.15) is 23.2 Å². The van der Waals surface area contributed by atoms with Crippen LogP contribution in [-0.2, 0) is 0 Å². The lowest BCUT2D eigenvalue weighted by Gasteiger charge is -2.23. The van der Waals surface area contributed by atoms with E-state index >= 15 is 0 Å². The molecule has 0 unspecified atom stereocenters. The molecule has 1 heterocycles. The molecule has 1 aromatic heterocycles. The first kappa shape index (κ1) is 18.7. The van der Waals surface area contributed by atoms with Crippen molar-refractivity contribution in [3.8, 4) is 5.75 Å². The Morgan fingerprint density at radius 3 is 2.41 bits per heavy atom. The molecule has 0 amide bonds. The molecule has 0 saturated heterocycles. The second-order valence-corrected chi connectivity index (χ2v) is 6.53. The number of hydrogen-bond donors (Lipinski definition) is 1. The van der Waals surface area contributed by atoms with E-state index in [0.717, 1.165) is 35.3 Å². The second kappa shape index (κ2) is 8.54. The zero-order valence-corrected chi connectivity index (χ0v) is 16.3. The van der Waals surface area contributed by atoms with Crippen molar-refractivity contribution in [1.29, 1.82) is 0 Å². The Labute approximate surface area is 161 Å². The van der Waals surface area contributed by atoms with Gasteiger partial charge < -0.3 is 15.0 Å². The number of para-hydroxylation sites is 3. The highest BCUT2D eigenvalue weighted by Crippen LogP contribution is 2.30. The van der Waals surface area contributed by atoms with Gasteiger partial charge in [0.05, 0.1) is 11.8 Å². The average molecular weight is 362 g/mol. The van der Waals surface area contributed by atoms with Crippen LogP contribution in [0, 0.1) is 6.92 Å². The minimum Gasteiger partial charge on any atom is -0.489 e.